The van der Waals surface area contributed by atoms with E-state index < -0.39 is 18.1 Å². The molecule has 2 N–H and O–H groups in total. The first kappa shape index (κ1) is 12.9. The van der Waals surface area contributed by atoms with Crippen molar-refractivity contribution in [2.45, 2.75) is 32.0 Å². The largest absolute Gasteiger partial charge is 0.467 e. The molecule has 0 aromatic heterocycles. The maximum atomic E-state index is 11.8. The van der Waals surface area contributed by atoms with Gasteiger partial charge in [-0.1, -0.05) is 0 Å². The Morgan fingerprint density at radius 1 is 1.56 bits per heavy atom. The van der Waals surface area contributed by atoms with Gasteiger partial charge in [-0.15, -0.1) is 0 Å². The number of carbonyl (C=O) groups excluding carboxylic acids is 2. The fourth-order valence-corrected chi connectivity index (χ4v) is 1.57. The van der Waals surface area contributed by atoms with Gasteiger partial charge in [-0.2, -0.15) is 0 Å². The van der Waals surface area contributed by atoms with Gasteiger partial charge in [0, 0.05) is 6.54 Å². The average molecular weight is 230 g/mol. The third-order valence-corrected chi connectivity index (χ3v) is 2.51. The molecule has 1 rings (SSSR count). The molecule has 0 aromatic carbocycles. The van der Waals surface area contributed by atoms with Crippen molar-refractivity contribution in [3.63, 3.8) is 0 Å². The van der Waals surface area contributed by atoms with Gasteiger partial charge in [-0.25, -0.2) is 4.79 Å². The lowest BCUT2D eigenvalue weighted by Crippen LogP contribution is -2.57. The molecule has 1 aliphatic rings. The lowest BCUT2D eigenvalue weighted by Gasteiger charge is -2.29. The zero-order chi connectivity index (χ0) is 12.1. The van der Waals surface area contributed by atoms with Crippen molar-refractivity contribution < 1.29 is 19.1 Å². The standard InChI is InChI=1S/C10H18N2O4/c1-6(10(14)15-3)12-9(13)8-7(2)16-5-4-11-8/h6-8,11H,4-5H2,1-3H3,(H,12,13)/t6-,7-,8+/m1/s1. The molecule has 1 amide bonds. The molecule has 0 unspecified atom stereocenters. The van der Waals surface area contributed by atoms with E-state index >= 15 is 0 Å². The zero-order valence-corrected chi connectivity index (χ0v) is 9.78. The molecule has 0 saturated carbocycles. The number of methoxy groups -OCH3 is 1. The van der Waals surface area contributed by atoms with Crippen LogP contribution in [0.3, 0.4) is 0 Å². The van der Waals surface area contributed by atoms with Crippen molar-refractivity contribution >= 4 is 11.9 Å². The van der Waals surface area contributed by atoms with Crippen LogP contribution in [-0.2, 0) is 19.1 Å². The SMILES string of the molecule is COC(=O)[C@@H](C)NC(=O)[C@H]1NCCO[C@@H]1C. The van der Waals surface area contributed by atoms with E-state index in [1.807, 2.05) is 6.92 Å². The Kier molecular flexibility index (Phi) is 4.70. The second kappa shape index (κ2) is 5.81. The van der Waals surface area contributed by atoms with Crippen LogP contribution in [0.4, 0.5) is 0 Å². The number of hydrogen-bond donors (Lipinski definition) is 2. The number of amides is 1. The van der Waals surface area contributed by atoms with E-state index in [1.165, 1.54) is 7.11 Å². The van der Waals surface area contributed by atoms with Crippen LogP contribution in [0.15, 0.2) is 0 Å². The van der Waals surface area contributed by atoms with Crippen LogP contribution in [0.5, 0.6) is 0 Å². The molecule has 0 aromatic rings. The highest BCUT2D eigenvalue weighted by Gasteiger charge is 2.30. The Hall–Kier alpha value is -1.14. The van der Waals surface area contributed by atoms with Crippen molar-refractivity contribution in [2.24, 2.45) is 0 Å². The quantitative estimate of drug-likeness (QED) is 0.611. The molecule has 92 valence electrons. The summed E-state index contributed by atoms with van der Waals surface area (Å²) in [6, 6.07) is -1.06. The third kappa shape index (κ3) is 3.18. The molecule has 3 atom stereocenters. The predicted molar refractivity (Wildman–Crippen MR) is 56.8 cm³/mol. The number of morpholine rings is 1. The molecule has 6 nitrogen and oxygen atoms in total. The molecular formula is C10H18N2O4. The summed E-state index contributed by atoms with van der Waals surface area (Å²) < 4.78 is 9.86. The van der Waals surface area contributed by atoms with Crippen molar-refractivity contribution in [1.82, 2.24) is 10.6 Å². The summed E-state index contributed by atoms with van der Waals surface area (Å²) in [5.41, 5.74) is 0. The van der Waals surface area contributed by atoms with E-state index in [1.54, 1.807) is 6.92 Å². The molecule has 0 aliphatic carbocycles. The first-order chi connectivity index (χ1) is 7.56. The Morgan fingerprint density at radius 3 is 2.81 bits per heavy atom. The molecule has 0 bridgehead atoms. The van der Waals surface area contributed by atoms with Gasteiger partial charge in [0.2, 0.25) is 5.91 Å². The number of nitrogens with one attached hydrogen (secondary N) is 2. The molecule has 6 heteroatoms. The summed E-state index contributed by atoms with van der Waals surface area (Å²) in [5, 5.41) is 5.62. The van der Waals surface area contributed by atoms with Gasteiger partial charge in [0.15, 0.2) is 0 Å². The van der Waals surface area contributed by atoms with E-state index in [-0.39, 0.29) is 12.0 Å². The maximum absolute atomic E-state index is 11.8. The van der Waals surface area contributed by atoms with Crippen molar-refractivity contribution in [3.05, 3.63) is 0 Å². The van der Waals surface area contributed by atoms with Gasteiger partial charge in [-0.05, 0) is 13.8 Å². The normalized spacial score (nSPS) is 26.9. The molecule has 0 spiro atoms. The van der Waals surface area contributed by atoms with E-state index in [0.717, 1.165) is 0 Å². The van der Waals surface area contributed by atoms with Crippen LogP contribution in [0.1, 0.15) is 13.8 Å². The van der Waals surface area contributed by atoms with Gasteiger partial charge in [0.05, 0.1) is 19.8 Å². The summed E-state index contributed by atoms with van der Waals surface area (Å²) in [4.78, 5) is 22.9. The highest BCUT2D eigenvalue weighted by molar-refractivity contribution is 5.87. The van der Waals surface area contributed by atoms with E-state index in [0.29, 0.717) is 13.2 Å². The van der Waals surface area contributed by atoms with E-state index in [2.05, 4.69) is 15.4 Å². The molecule has 1 saturated heterocycles. The van der Waals surface area contributed by atoms with Crippen LogP contribution in [0.25, 0.3) is 0 Å². The second-order valence-corrected chi connectivity index (χ2v) is 3.76. The predicted octanol–water partition coefficient (Wildman–Crippen LogP) is -0.959. The number of rotatable bonds is 3. The summed E-state index contributed by atoms with van der Waals surface area (Å²) in [7, 11) is 1.29. The molecule has 0 radical (unpaired) electrons. The van der Waals surface area contributed by atoms with Crippen LogP contribution in [0.2, 0.25) is 0 Å². The van der Waals surface area contributed by atoms with Crippen molar-refractivity contribution in [2.75, 3.05) is 20.3 Å². The average Bonchev–Trinajstić information content (AvgIpc) is 2.28. The molecule has 1 aliphatic heterocycles. The van der Waals surface area contributed by atoms with Crippen molar-refractivity contribution in [3.8, 4) is 0 Å². The minimum atomic E-state index is -0.645. The van der Waals surface area contributed by atoms with Gasteiger partial charge in [0.1, 0.15) is 12.1 Å². The summed E-state index contributed by atoms with van der Waals surface area (Å²) in [6.45, 7) is 4.63. The highest BCUT2D eigenvalue weighted by atomic mass is 16.5. The molecule has 1 fully saturated rings. The van der Waals surface area contributed by atoms with E-state index in [4.69, 9.17) is 4.74 Å². The topological polar surface area (TPSA) is 76.7 Å². The van der Waals surface area contributed by atoms with Crippen LogP contribution < -0.4 is 10.6 Å². The number of esters is 1. The second-order valence-electron chi connectivity index (χ2n) is 3.76. The Labute approximate surface area is 94.7 Å². The van der Waals surface area contributed by atoms with Crippen LogP contribution in [-0.4, -0.2) is 50.3 Å². The Morgan fingerprint density at radius 2 is 2.25 bits per heavy atom. The van der Waals surface area contributed by atoms with Crippen LogP contribution >= 0.6 is 0 Å². The monoisotopic (exact) mass is 230 g/mol. The molecular weight excluding hydrogens is 212 g/mol. The fraction of sp³-hybridized carbons (Fsp3) is 0.800. The lowest BCUT2D eigenvalue weighted by atomic mass is 10.1. The number of hydrogen-bond acceptors (Lipinski definition) is 5. The molecule has 16 heavy (non-hydrogen) atoms. The molecule has 1 heterocycles. The number of ether oxygens (including phenoxy) is 2. The summed E-state index contributed by atoms with van der Waals surface area (Å²) in [5.74, 6) is -0.706. The fourth-order valence-electron chi connectivity index (χ4n) is 1.57. The van der Waals surface area contributed by atoms with Gasteiger partial charge < -0.3 is 20.1 Å². The lowest BCUT2D eigenvalue weighted by molar-refractivity contribution is -0.145. The minimum Gasteiger partial charge on any atom is -0.467 e. The first-order valence-corrected chi connectivity index (χ1v) is 5.29. The van der Waals surface area contributed by atoms with Crippen molar-refractivity contribution in [1.29, 1.82) is 0 Å². The van der Waals surface area contributed by atoms with Gasteiger partial charge in [-0.3, -0.25) is 4.79 Å². The third-order valence-electron chi connectivity index (χ3n) is 2.51. The van der Waals surface area contributed by atoms with E-state index in [9.17, 15) is 9.59 Å². The minimum absolute atomic E-state index is 0.196. The summed E-state index contributed by atoms with van der Waals surface area (Å²) >= 11 is 0. The van der Waals surface area contributed by atoms with Crippen LogP contribution in [0, 0.1) is 0 Å². The Balaban J connectivity index is 2.47. The number of carbonyl (C=O) groups is 2. The maximum Gasteiger partial charge on any atom is 0.328 e. The smallest absolute Gasteiger partial charge is 0.328 e. The van der Waals surface area contributed by atoms with Gasteiger partial charge >= 0.3 is 5.97 Å². The summed E-state index contributed by atoms with van der Waals surface area (Å²) in [6.07, 6.45) is -0.196. The van der Waals surface area contributed by atoms with Gasteiger partial charge in [0.25, 0.3) is 0 Å². The Bertz CT molecular complexity index is 270. The first-order valence-electron chi connectivity index (χ1n) is 5.29. The highest BCUT2D eigenvalue weighted by Crippen LogP contribution is 2.04. The zero-order valence-electron chi connectivity index (χ0n) is 9.78.